The van der Waals surface area contributed by atoms with E-state index in [1.165, 1.54) is 17.0 Å². The van der Waals surface area contributed by atoms with Gasteiger partial charge in [0.25, 0.3) is 0 Å². The summed E-state index contributed by atoms with van der Waals surface area (Å²) in [5.41, 5.74) is 5.05. The molecule has 4 nitrogen and oxygen atoms in total. The fourth-order valence-electron chi connectivity index (χ4n) is 0.533. The molecule has 0 unspecified atom stereocenters. The quantitative estimate of drug-likeness (QED) is 0.530. The van der Waals surface area contributed by atoms with Gasteiger partial charge >= 0.3 is 0 Å². The molecule has 0 aromatic carbocycles. The molecule has 50 valence electrons. The number of hydrogen-bond donors (Lipinski definition) is 2. The molecule has 9 heavy (non-hydrogen) atoms. The number of nitrogens with zero attached hydrogens (tertiary/aromatic N) is 1. The van der Waals surface area contributed by atoms with Crippen LogP contribution in [0.4, 0.5) is 0 Å². The van der Waals surface area contributed by atoms with Crippen LogP contribution in [-0.4, -0.2) is 16.6 Å². The van der Waals surface area contributed by atoms with Crippen molar-refractivity contribution in [2.75, 3.05) is 6.73 Å². The SMILES string of the molecule is NCOn1ccc(O)c1. The first-order valence-electron chi connectivity index (χ1n) is 2.53. The second kappa shape index (κ2) is 2.41. The summed E-state index contributed by atoms with van der Waals surface area (Å²) in [5.74, 6) is 0.170. The predicted molar refractivity (Wildman–Crippen MR) is 31.7 cm³/mol. The van der Waals surface area contributed by atoms with Crippen LogP contribution in [0.2, 0.25) is 0 Å². The zero-order chi connectivity index (χ0) is 6.69. The maximum atomic E-state index is 8.74. The highest BCUT2D eigenvalue weighted by molar-refractivity contribution is 5.13. The minimum atomic E-state index is 0.105. The summed E-state index contributed by atoms with van der Waals surface area (Å²) in [6.45, 7) is 0.105. The van der Waals surface area contributed by atoms with Crippen LogP contribution in [0.15, 0.2) is 18.5 Å². The van der Waals surface area contributed by atoms with E-state index in [0.717, 1.165) is 0 Å². The molecule has 0 saturated carbocycles. The lowest BCUT2D eigenvalue weighted by molar-refractivity contribution is 0.116. The molecule has 0 fully saturated rings. The largest absolute Gasteiger partial charge is 0.506 e. The van der Waals surface area contributed by atoms with Crippen LogP contribution in [0.1, 0.15) is 0 Å². The highest BCUT2D eigenvalue weighted by Crippen LogP contribution is 2.04. The minimum Gasteiger partial charge on any atom is -0.506 e. The van der Waals surface area contributed by atoms with E-state index >= 15 is 0 Å². The molecule has 3 N–H and O–H groups in total. The Balaban J connectivity index is 2.61. The van der Waals surface area contributed by atoms with Gasteiger partial charge in [-0.05, 0) is 0 Å². The third-order valence-electron chi connectivity index (χ3n) is 0.875. The van der Waals surface area contributed by atoms with Gasteiger partial charge < -0.3 is 9.94 Å². The maximum Gasteiger partial charge on any atom is 0.163 e. The van der Waals surface area contributed by atoms with Crippen LogP contribution >= 0.6 is 0 Å². The third-order valence-corrected chi connectivity index (χ3v) is 0.875. The van der Waals surface area contributed by atoms with Crippen molar-refractivity contribution in [3.05, 3.63) is 18.5 Å². The molecule has 4 heteroatoms. The summed E-state index contributed by atoms with van der Waals surface area (Å²) in [6.07, 6.45) is 3.00. The van der Waals surface area contributed by atoms with Gasteiger partial charge in [-0.15, -0.1) is 0 Å². The summed E-state index contributed by atoms with van der Waals surface area (Å²) in [4.78, 5) is 4.76. The molecule has 1 aromatic heterocycles. The molecule has 0 atom stereocenters. The molecule has 0 bridgehead atoms. The van der Waals surface area contributed by atoms with Crippen molar-refractivity contribution in [1.29, 1.82) is 0 Å². The Kier molecular flexibility index (Phi) is 1.60. The molecule has 0 aliphatic rings. The van der Waals surface area contributed by atoms with Gasteiger partial charge in [0, 0.05) is 12.3 Å². The molecule has 1 heterocycles. The monoisotopic (exact) mass is 128 g/mol. The van der Waals surface area contributed by atoms with Crippen LogP contribution in [0.25, 0.3) is 0 Å². The van der Waals surface area contributed by atoms with Crippen molar-refractivity contribution in [2.45, 2.75) is 0 Å². The predicted octanol–water partition coefficient (Wildman–Crippen LogP) is -0.462. The smallest absolute Gasteiger partial charge is 0.163 e. The minimum absolute atomic E-state index is 0.105. The molecular weight excluding hydrogens is 120 g/mol. The summed E-state index contributed by atoms with van der Waals surface area (Å²) < 4.78 is 1.34. The Morgan fingerprint density at radius 2 is 2.56 bits per heavy atom. The van der Waals surface area contributed by atoms with Gasteiger partial charge in [0.15, 0.2) is 6.73 Å². The standard InChI is InChI=1S/C5H8N2O2/c6-4-9-7-2-1-5(8)3-7/h1-3,8H,4,6H2. The molecule has 0 spiro atoms. The number of aromatic nitrogens is 1. The second-order valence-electron chi connectivity index (χ2n) is 1.53. The Morgan fingerprint density at radius 3 is 3.00 bits per heavy atom. The summed E-state index contributed by atoms with van der Waals surface area (Å²) >= 11 is 0. The van der Waals surface area contributed by atoms with E-state index in [2.05, 4.69) is 0 Å². The van der Waals surface area contributed by atoms with Crippen LogP contribution in [0.3, 0.4) is 0 Å². The van der Waals surface area contributed by atoms with Crippen LogP contribution in [-0.2, 0) is 0 Å². The normalized spacial score (nSPS) is 9.44. The van der Waals surface area contributed by atoms with Gasteiger partial charge in [0.2, 0.25) is 0 Å². The van der Waals surface area contributed by atoms with Gasteiger partial charge in [-0.25, -0.2) is 0 Å². The molecule has 0 amide bonds. The Hall–Kier alpha value is -1.16. The van der Waals surface area contributed by atoms with Crippen molar-refractivity contribution >= 4 is 0 Å². The van der Waals surface area contributed by atoms with Crippen molar-refractivity contribution in [3.63, 3.8) is 0 Å². The summed E-state index contributed by atoms with van der Waals surface area (Å²) in [6, 6.07) is 1.51. The van der Waals surface area contributed by atoms with Gasteiger partial charge in [-0.3, -0.25) is 5.73 Å². The van der Waals surface area contributed by atoms with E-state index in [1.54, 1.807) is 6.20 Å². The fourth-order valence-corrected chi connectivity index (χ4v) is 0.533. The first-order valence-corrected chi connectivity index (χ1v) is 2.53. The number of rotatable bonds is 2. The van der Waals surface area contributed by atoms with E-state index in [0.29, 0.717) is 0 Å². The topological polar surface area (TPSA) is 60.4 Å². The fraction of sp³-hybridized carbons (Fsp3) is 0.200. The number of aromatic hydroxyl groups is 1. The van der Waals surface area contributed by atoms with Crippen LogP contribution in [0, 0.1) is 0 Å². The summed E-state index contributed by atoms with van der Waals surface area (Å²) in [7, 11) is 0. The molecule has 0 saturated heterocycles. The van der Waals surface area contributed by atoms with Crippen LogP contribution < -0.4 is 10.6 Å². The zero-order valence-electron chi connectivity index (χ0n) is 4.82. The molecule has 1 rings (SSSR count). The van der Waals surface area contributed by atoms with Gasteiger partial charge in [0.1, 0.15) is 5.75 Å². The molecule has 0 aliphatic heterocycles. The van der Waals surface area contributed by atoms with E-state index in [9.17, 15) is 0 Å². The Morgan fingerprint density at radius 1 is 1.78 bits per heavy atom. The van der Waals surface area contributed by atoms with E-state index in [1.807, 2.05) is 0 Å². The van der Waals surface area contributed by atoms with Gasteiger partial charge in [-0.2, -0.15) is 4.73 Å². The molecule has 0 aliphatic carbocycles. The van der Waals surface area contributed by atoms with Crippen molar-refractivity contribution in [2.24, 2.45) is 5.73 Å². The first kappa shape index (κ1) is 5.97. The number of nitrogens with two attached hydrogens (primary N) is 1. The van der Waals surface area contributed by atoms with E-state index in [4.69, 9.17) is 15.7 Å². The van der Waals surface area contributed by atoms with E-state index < -0.39 is 0 Å². The van der Waals surface area contributed by atoms with Gasteiger partial charge in [-0.1, -0.05) is 0 Å². The molecule has 0 radical (unpaired) electrons. The van der Waals surface area contributed by atoms with Crippen molar-refractivity contribution < 1.29 is 9.94 Å². The lowest BCUT2D eigenvalue weighted by atomic mass is 10.6. The lowest BCUT2D eigenvalue weighted by Gasteiger charge is -1.99. The average molecular weight is 128 g/mol. The highest BCUT2D eigenvalue weighted by Gasteiger charge is 1.89. The maximum absolute atomic E-state index is 8.74. The highest BCUT2D eigenvalue weighted by atomic mass is 16.7. The molecule has 1 aromatic rings. The Labute approximate surface area is 52.4 Å². The van der Waals surface area contributed by atoms with Gasteiger partial charge in [0.05, 0.1) is 6.20 Å². The average Bonchev–Trinajstić information content (AvgIpc) is 2.17. The van der Waals surface area contributed by atoms with Crippen molar-refractivity contribution in [1.82, 2.24) is 4.73 Å². The first-order chi connectivity index (χ1) is 4.33. The van der Waals surface area contributed by atoms with Crippen molar-refractivity contribution in [3.8, 4) is 5.75 Å². The zero-order valence-corrected chi connectivity index (χ0v) is 4.82. The molecular formula is C5H8N2O2. The van der Waals surface area contributed by atoms with Crippen LogP contribution in [0.5, 0.6) is 5.75 Å². The second-order valence-corrected chi connectivity index (χ2v) is 1.53. The number of hydrogen-bond acceptors (Lipinski definition) is 3. The Bertz CT molecular complexity index is 185. The lowest BCUT2D eigenvalue weighted by Crippen LogP contribution is -2.16. The van der Waals surface area contributed by atoms with E-state index in [-0.39, 0.29) is 12.5 Å². The third kappa shape index (κ3) is 1.36. The summed E-state index contributed by atoms with van der Waals surface area (Å²) in [5, 5.41) is 8.74.